The minimum atomic E-state index is -0.452. The molecule has 0 aliphatic heterocycles. The van der Waals surface area contributed by atoms with Gasteiger partial charge in [0.1, 0.15) is 5.75 Å². The van der Waals surface area contributed by atoms with E-state index in [2.05, 4.69) is 43.4 Å². The Hall–Kier alpha value is -2.81. The Bertz CT molecular complexity index is 1010. The van der Waals surface area contributed by atoms with Gasteiger partial charge in [-0.15, -0.1) is 0 Å². The van der Waals surface area contributed by atoms with Crippen LogP contribution in [0.5, 0.6) is 5.75 Å². The summed E-state index contributed by atoms with van der Waals surface area (Å²) in [7, 11) is 0. The zero-order valence-electron chi connectivity index (χ0n) is 18.0. The van der Waals surface area contributed by atoms with E-state index in [0.29, 0.717) is 0 Å². The molecule has 3 heteroatoms. The second kappa shape index (κ2) is 8.91. The van der Waals surface area contributed by atoms with Crippen molar-refractivity contribution in [1.82, 2.24) is 0 Å². The molecule has 0 radical (unpaired) electrons. The molecule has 1 fully saturated rings. The molecule has 1 saturated carbocycles. The Morgan fingerprint density at radius 3 is 2.30 bits per heavy atom. The molecule has 0 saturated heterocycles. The van der Waals surface area contributed by atoms with Gasteiger partial charge in [-0.1, -0.05) is 80.8 Å². The maximum atomic E-state index is 13.7. The summed E-state index contributed by atoms with van der Waals surface area (Å²) >= 11 is 0. The molecule has 3 aromatic rings. The molecule has 4 rings (SSSR count). The van der Waals surface area contributed by atoms with E-state index in [1.165, 1.54) is 6.42 Å². The quantitative estimate of drug-likeness (QED) is 0.490. The molecule has 1 aliphatic carbocycles. The van der Waals surface area contributed by atoms with E-state index < -0.39 is 5.41 Å². The van der Waals surface area contributed by atoms with Crippen LogP contribution in [0.15, 0.2) is 66.7 Å². The molecule has 0 aromatic heterocycles. The van der Waals surface area contributed by atoms with Gasteiger partial charge in [0.2, 0.25) is 5.91 Å². The number of nitrogens with one attached hydrogen (secondary N) is 1. The predicted molar refractivity (Wildman–Crippen MR) is 124 cm³/mol. The number of hydrogen-bond acceptors (Lipinski definition) is 2. The molecule has 30 heavy (non-hydrogen) atoms. The summed E-state index contributed by atoms with van der Waals surface area (Å²) in [5, 5.41) is 5.35. The minimum absolute atomic E-state index is 0.106. The number of benzene rings is 3. The van der Waals surface area contributed by atoms with Crippen LogP contribution in [0.25, 0.3) is 10.8 Å². The minimum Gasteiger partial charge on any atom is -0.490 e. The molecule has 3 aromatic carbocycles. The lowest BCUT2D eigenvalue weighted by molar-refractivity contribution is -0.122. The molecule has 0 heterocycles. The Morgan fingerprint density at radius 1 is 0.933 bits per heavy atom. The maximum Gasteiger partial charge on any atom is 0.235 e. The summed E-state index contributed by atoms with van der Waals surface area (Å²) in [6, 6.07) is 22.4. The number of rotatable bonds is 6. The zero-order valence-corrected chi connectivity index (χ0v) is 18.0. The van der Waals surface area contributed by atoms with E-state index in [1.54, 1.807) is 0 Å². The fraction of sp³-hybridized carbons (Fsp3) is 0.370. The standard InChI is InChI=1S/C27H31NO2/c1-3-20(2)30-25-17-16-24(22-14-8-9-15-23(22)25)28-26(29)27(18-10-5-11-19-27)21-12-6-4-7-13-21/h4,6-9,12-17,20H,3,5,10-11,18-19H2,1-2H3,(H,28,29)/t20-/m1/s1. The van der Waals surface area contributed by atoms with Crippen LogP contribution in [0.2, 0.25) is 0 Å². The van der Waals surface area contributed by atoms with E-state index in [9.17, 15) is 4.79 Å². The van der Waals surface area contributed by atoms with Crippen molar-refractivity contribution in [2.24, 2.45) is 0 Å². The van der Waals surface area contributed by atoms with Gasteiger partial charge in [-0.25, -0.2) is 0 Å². The van der Waals surface area contributed by atoms with Gasteiger partial charge in [-0.3, -0.25) is 4.79 Å². The first-order chi connectivity index (χ1) is 14.6. The van der Waals surface area contributed by atoms with Crippen molar-refractivity contribution in [3.63, 3.8) is 0 Å². The molecule has 0 bridgehead atoms. The summed E-state index contributed by atoms with van der Waals surface area (Å²) in [6.07, 6.45) is 6.28. The topological polar surface area (TPSA) is 38.3 Å². The van der Waals surface area contributed by atoms with Gasteiger partial charge in [0.15, 0.2) is 0 Å². The van der Waals surface area contributed by atoms with Crippen LogP contribution in [0, 0.1) is 0 Å². The number of carbonyl (C=O) groups is 1. The molecule has 1 N–H and O–H groups in total. The monoisotopic (exact) mass is 401 g/mol. The van der Waals surface area contributed by atoms with Crippen molar-refractivity contribution in [1.29, 1.82) is 0 Å². The van der Waals surface area contributed by atoms with Crippen molar-refractivity contribution in [3.05, 3.63) is 72.3 Å². The van der Waals surface area contributed by atoms with Gasteiger partial charge < -0.3 is 10.1 Å². The van der Waals surface area contributed by atoms with Crippen LogP contribution < -0.4 is 10.1 Å². The summed E-state index contributed by atoms with van der Waals surface area (Å²) < 4.78 is 6.13. The highest BCUT2D eigenvalue weighted by Gasteiger charge is 2.41. The Balaban J connectivity index is 1.69. The Morgan fingerprint density at radius 2 is 1.60 bits per heavy atom. The highest BCUT2D eigenvalue weighted by Crippen LogP contribution is 2.41. The third-order valence-electron chi connectivity index (χ3n) is 6.50. The predicted octanol–water partition coefficient (Wildman–Crippen LogP) is 6.86. The Labute approximate surface area is 179 Å². The molecule has 0 spiro atoms. The van der Waals surface area contributed by atoms with E-state index in [-0.39, 0.29) is 12.0 Å². The zero-order chi connectivity index (χ0) is 21.0. The normalized spacial score (nSPS) is 16.7. The fourth-order valence-corrected chi connectivity index (χ4v) is 4.58. The van der Waals surface area contributed by atoms with Crippen LogP contribution in [0.1, 0.15) is 57.9 Å². The first-order valence-corrected chi connectivity index (χ1v) is 11.2. The summed E-state index contributed by atoms with van der Waals surface area (Å²) in [4.78, 5) is 13.7. The average Bonchev–Trinajstić information content (AvgIpc) is 2.81. The van der Waals surface area contributed by atoms with Crippen LogP contribution in [0.3, 0.4) is 0 Å². The third kappa shape index (κ3) is 3.94. The molecule has 0 unspecified atom stereocenters. The van der Waals surface area contributed by atoms with Gasteiger partial charge in [0.25, 0.3) is 0 Å². The average molecular weight is 402 g/mol. The SMILES string of the molecule is CC[C@@H](C)Oc1ccc(NC(=O)C2(c3ccccc3)CCCCC2)c2ccccc12. The van der Waals surface area contributed by atoms with Crippen LogP contribution in [-0.2, 0) is 10.2 Å². The van der Waals surface area contributed by atoms with E-state index in [1.807, 2.05) is 42.5 Å². The lowest BCUT2D eigenvalue weighted by Crippen LogP contribution is -2.42. The Kier molecular flexibility index (Phi) is 6.08. The summed E-state index contributed by atoms with van der Waals surface area (Å²) in [5.74, 6) is 0.975. The van der Waals surface area contributed by atoms with Crippen molar-refractivity contribution in [2.45, 2.75) is 63.9 Å². The molecular weight excluding hydrogens is 370 g/mol. The number of amides is 1. The number of carbonyl (C=O) groups excluding carboxylic acids is 1. The molecule has 3 nitrogen and oxygen atoms in total. The smallest absolute Gasteiger partial charge is 0.235 e. The summed E-state index contributed by atoms with van der Waals surface area (Å²) in [6.45, 7) is 4.20. The van der Waals surface area contributed by atoms with Crippen molar-refractivity contribution in [2.75, 3.05) is 5.32 Å². The largest absolute Gasteiger partial charge is 0.490 e. The van der Waals surface area contributed by atoms with Crippen molar-refractivity contribution >= 4 is 22.4 Å². The van der Waals surface area contributed by atoms with Gasteiger partial charge in [0.05, 0.1) is 11.5 Å². The van der Waals surface area contributed by atoms with Crippen LogP contribution >= 0.6 is 0 Å². The molecule has 1 atom stereocenters. The fourth-order valence-electron chi connectivity index (χ4n) is 4.58. The van der Waals surface area contributed by atoms with Gasteiger partial charge in [-0.05, 0) is 43.9 Å². The van der Waals surface area contributed by atoms with Crippen molar-refractivity contribution in [3.8, 4) is 5.75 Å². The van der Waals surface area contributed by atoms with Gasteiger partial charge >= 0.3 is 0 Å². The molecule has 1 amide bonds. The maximum absolute atomic E-state index is 13.7. The highest BCUT2D eigenvalue weighted by atomic mass is 16.5. The van der Waals surface area contributed by atoms with Crippen LogP contribution in [0.4, 0.5) is 5.69 Å². The van der Waals surface area contributed by atoms with Gasteiger partial charge in [0, 0.05) is 16.5 Å². The number of anilines is 1. The second-order valence-electron chi connectivity index (χ2n) is 8.46. The molecule has 156 valence electrons. The first kappa shape index (κ1) is 20.5. The number of hydrogen-bond donors (Lipinski definition) is 1. The third-order valence-corrected chi connectivity index (χ3v) is 6.50. The number of fused-ring (bicyclic) bond motifs is 1. The number of ether oxygens (including phenoxy) is 1. The van der Waals surface area contributed by atoms with E-state index in [4.69, 9.17) is 4.74 Å². The van der Waals surface area contributed by atoms with Crippen molar-refractivity contribution < 1.29 is 9.53 Å². The van der Waals surface area contributed by atoms with Gasteiger partial charge in [-0.2, -0.15) is 0 Å². The summed E-state index contributed by atoms with van der Waals surface area (Å²) in [5.41, 5.74) is 1.53. The lowest BCUT2D eigenvalue weighted by Gasteiger charge is -2.36. The van der Waals surface area contributed by atoms with Crippen LogP contribution in [-0.4, -0.2) is 12.0 Å². The molecule has 1 aliphatic rings. The second-order valence-corrected chi connectivity index (χ2v) is 8.46. The first-order valence-electron chi connectivity index (χ1n) is 11.2. The highest BCUT2D eigenvalue weighted by molar-refractivity contribution is 6.07. The molecular formula is C27H31NO2. The van der Waals surface area contributed by atoms with E-state index in [0.717, 1.165) is 59.9 Å². The lowest BCUT2D eigenvalue weighted by atomic mass is 9.68. The van der Waals surface area contributed by atoms with E-state index >= 15 is 0 Å².